The van der Waals surface area contributed by atoms with Crippen molar-refractivity contribution in [1.82, 2.24) is 15.0 Å². The molecule has 0 aromatic carbocycles. The molecule has 84 valence electrons. The summed E-state index contributed by atoms with van der Waals surface area (Å²) in [5.74, 6) is 0.816. The molecule has 0 aliphatic heterocycles. The third-order valence-electron chi connectivity index (χ3n) is 2.38. The number of aryl methyl sites for hydroxylation is 2. The predicted molar refractivity (Wildman–Crippen MR) is 65.8 cm³/mol. The van der Waals surface area contributed by atoms with Crippen LogP contribution < -0.4 is 5.73 Å². The van der Waals surface area contributed by atoms with Gasteiger partial charge in [0.1, 0.15) is 10.4 Å². The molecule has 0 spiro atoms. The molecule has 0 aliphatic rings. The molecule has 2 rings (SSSR count). The van der Waals surface area contributed by atoms with E-state index in [0.717, 1.165) is 29.0 Å². The molecule has 4 nitrogen and oxygen atoms in total. The maximum Gasteiger partial charge on any atom is 0.127 e. The highest BCUT2D eigenvalue weighted by Crippen LogP contribution is 2.15. The number of hydrogen-bond acceptors (Lipinski definition) is 3. The summed E-state index contributed by atoms with van der Waals surface area (Å²) in [4.78, 5) is 11.5. The average molecular weight is 281 g/mol. The highest BCUT2D eigenvalue weighted by Gasteiger charge is 2.06. The Morgan fingerprint density at radius 2 is 2.00 bits per heavy atom. The number of nitrogens with zero attached hydrogens (tertiary/aromatic N) is 2. The summed E-state index contributed by atoms with van der Waals surface area (Å²) in [6, 6.07) is 4.04. The first-order valence-corrected chi connectivity index (χ1v) is 5.91. The molecular weight excluding hydrogens is 268 g/mol. The summed E-state index contributed by atoms with van der Waals surface area (Å²) in [6.07, 6.45) is 5.50. The maximum absolute atomic E-state index is 5.52. The van der Waals surface area contributed by atoms with E-state index in [4.69, 9.17) is 5.73 Å². The van der Waals surface area contributed by atoms with Crippen LogP contribution in [-0.2, 0) is 19.4 Å². The highest BCUT2D eigenvalue weighted by atomic mass is 79.9. The van der Waals surface area contributed by atoms with Crippen molar-refractivity contribution in [3.8, 4) is 0 Å². The van der Waals surface area contributed by atoms with Gasteiger partial charge < -0.3 is 10.7 Å². The van der Waals surface area contributed by atoms with Crippen LogP contribution in [0.2, 0.25) is 0 Å². The van der Waals surface area contributed by atoms with Gasteiger partial charge >= 0.3 is 0 Å². The summed E-state index contributed by atoms with van der Waals surface area (Å²) in [5, 5.41) is 0. The highest BCUT2D eigenvalue weighted by molar-refractivity contribution is 9.10. The molecule has 0 radical (unpaired) electrons. The van der Waals surface area contributed by atoms with Gasteiger partial charge in [0.25, 0.3) is 0 Å². The van der Waals surface area contributed by atoms with E-state index in [-0.39, 0.29) is 0 Å². The number of rotatable bonds is 4. The predicted octanol–water partition coefficient (Wildman–Crippen LogP) is 1.81. The van der Waals surface area contributed by atoms with Crippen LogP contribution in [0.4, 0.5) is 0 Å². The lowest BCUT2D eigenvalue weighted by atomic mass is 10.1. The Morgan fingerprint density at radius 1 is 1.25 bits per heavy atom. The van der Waals surface area contributed by atoms with Crippen LogP contribution in [0.1, 0.15) is 17.1 Å². The number of pyridine rings is 1. The van der Waals surface area contributed by atoms with Gasteiger partial charge in [-0.3, -0.25) is 4.98 Å². The molecule has 3 N–H and O–H groups in total. The van der Waals surface area contributed by atoms with Crippen molar-refractivity contribution < 1.29 is 0 Å². The Kier molecular flexibility index (Phi) is 3.69. The molecule has 0 bridgehead atoms. The van der Waals surface area contributed by atoms with Crippen molar-refractivity contribution in [1.29, 1.82) is 0 Å². The Bertz CT molecular complexity index is 452. The lowest BCUT2D eigenvalue weighted by Gasteiger charge is -1.99. The number of hydrogen-bond donors (Lipinski definition) is 2. The monoisotopic (exact) mass is 280 g/mol. The first-order valence-electron chi connectivity index (χ1n) is 5.12. The average Bonchev–Trinajstić information content (AvgIpc) is 2.69. The number of H-pyrrole nitrogens is 1. The van der Waals surface area contributed by atoms with Crippen LogP contribution in [0.5, 0.6) is 0 Å². The zero-order valence-electron chi connectivity index (χ0n) is 8.78. The van der Waals surface area contributed by atoms with Crippen LogP contribution in [-0.4, -0.2) is 15.0 Å². The van der Waals surface area contributed by atoms with E-state index >= 15 is 0 Å². The molecule has 2 aromatic rings. The van der Waals surface area contributed by atoms with Crippen LogP contribution >= 0.6 is 15.9 Å². The van der Waals surface area contributed by atoms with Crippen LogP contribution in [0.25, 0.3) is 0 Å². The van der Waals surface area contributed by atoms with Gasteiger partial charge in [-0.1, -0.05) is 0 Å². The molecule has 0 fully saturated rings. The minimum Gasteiger partial charge on any atom is -0.344 e. The second kappa shape index (κ2) is 5.23. The summed E-state index contributed by atoms with van der Waals surface area (Å²) < 4.78 is 0.863. The molecule has 0 saturated carbocycles. The maximum atomic E-state index is 5.52. The number of nitrogens with two attached hydrogens (primary N) is 1. The van der Waals surface area contributed by atoms with Crippen molar-refractivity contribution in [2.75, 3.05) is 0 Å². The second-order valence-corrected chi connectivity index (χ2v) is 4.26. The minimum atomic E-state index is 0.438. The minimum absolute atomic E-state index is 0.438. The summed E-state index contributed by atoms with van der Waals surface area (Å²) in [6.45, 7) is 0.438. The van der Waals surface area contributed by atoms with E-state index in [1.807, 2.05) is 24.5 Å². The number of aromatic amines is 1. The van der Waals surface area contributed by atoms with E-state index < -0.39 is 0 Å². The third-order valence-corrected chi connectivity index (χ3v) is 3.04. The van der Waals surface area contributed by atoms with Crippen molar-refractivity contribution >= 4 is 15.9 Å². The van der Waals surface area contributed by atoms with E-state index in [2.05, 4.69) is 30.9 Å². The van der Waals surface area contributed by atoms with Crippen molar-refractivity contribution in [2.24, 2.45) is 5.73 Å². The first kappa shape index (κ1) is 11.3. The Morgan fingerprint density at radius 3 is 2.62 bits per heavy atom. The lowest BCUT2D eigenvalue weighted by molar-refractivity contribution is 0.892. The molecule has 0 aliphatic carbocycles. The molecule has 0 saturated heterocycles. The molecule has 0 atom stereocenters. The quantitative estimate of drug-likeness (QED) is 0.898. The standard InChI is InChI=1S/C11H13BrN4/c12-11-9(15-10(7-13)16-11)2-1-8-3-5-14-6-4-8/h3-6H,1-2,7,13H2,(H,15,16). The molecule has 2 aromatic heterocycles. The van der Waals surface area contributed by atoms with Crippen molar-refractivity contribution in [3.05, 3.63) is 46.2 Å². The van der Waals surface area contributed by atoms with Crippen LogP contribution in [0.15, 0.2) is 29.1 Å². The number of imidazole rings is 1. The smallest absolute Gasteiger partial charge is 0.127 e. The fourth-order valence-electron chi connectivity index (χ4n) is 1.52. The van der Waals surface area contributed by atoms with E-state index in [9.17, 15) is 0 Å². The largest absolute Gasteiger partial charge is 0.344 e. The first-order chi connectivity index (χ1) is 7.79. The van der Waals surface area contributed by atoms with E-state index in [1.54, 1.807) is 0 Å². The van der Waals surface area contributed by atoms with Gasteiger partial charge in [0, 0.05) is 18.1 Å². The van der Waals surface area contributed by atoms with E-state index in [1.165, 1.54) is 5.56 Å². The van der Waals surface area contributed by atoms with Gasteiger partial charge in [-0.05, 0) is 46.5 Å². The summed E-state index contributed by atoms with van der Waals surface area (Å²) in [5.41, 5.74) is 7.88. The van der Waals surface area contributed by atoms with Gasteiger partial charge in [-0.2, -0.15) is 0 Å². The number of aromatic nitrogens is 3. The van der Waals surface area contributed by atoms with Crippen molar-refractivity contribution in [3.63, 3.8) is 0 Å². The molecule has 0 unspecified atom stereocenters. The Hall–Kier alpha value is -1.20. The van der Waals surface area contributed by atoms with Crippen LogP contribution in [0, 0.1) is 0 Å². The topological polar surface area (TPSA) is 67.6 Å². The SMILES string of the molecule is NCc1nc(Br)c(CCc2ccncc2)[nH]1. The van der Waals surface area contributed by atoms with Crippen LogP contribution in [0.3, 0.4) is 0 Å². The second-order valence-electron chi connectivity index (χ2n) is 3.51. The Labute approximate surface area is 102 Å². The third kappa shape index (κ3) is 2.68. The molecule has 0 amide bonds. The van der Waals surface area contributed by atoms with Gasteiger partial charge in [0.2, 0.25) is 0 Å². The van der Waals surface area contributed by atoms with Gasteiger partial charge in [0.05, 0.1) is 6.54 Å². The summed E-state index contributed by atoms with van der Waals surface area (Å²) >= 11 is 3.42. The van der Waals surface area contributed by atoms with Gasteiger partial charge in [0.15, 0.2) is 0 Å². The fourth-order valence-corrected chi connectivity index (χ4v) is 2.03. The van der Waals surface area contributed by atoms with Crippen molar-refractivity contribution in [2.45, 2.75) is 19.4 Å². The lowest BCUT2D eigenvalue weighted by Crippen LogP contribution is -1.98. The number of nitrogens with one attached hydrogen (secondary N) is 1. The molecular formula is C11H13BrN4. The number of halogens is 1. The normalized spacial score (nSPS) is 10.6. The van der Waals surface area contributed by atoms with Gasteiger partial charge in [-0.15, -0.1) is 0 Å². The molecule has 2 heterocycles. The van der Waals surface area contributed by atoms with Gasteiger partial charge in [-0.25, -0.2) is 4.98 Å². The molecule has 5 heteroatoms. The fraction of sp³-hybridized carbons (Fsp3) is 0.273. The zero-order chi connectivity index (χ0) is 11.4. The van der Waals surface area contributed by atoms with E-state index in [0.29, 0.717) is 6.54 Å². The molecule has 16 heavy (non-hydrogen) atoms. The zero-order valence-corrected chi connectivity index (χ0v) is 10.4. The summed E-state index contributed by atoms with van der Waals surface area (Å²) in [7, 11) is 0. The Balaban J connectivity index is 2.02.